The molecule has 1 heterocycles. The molecule has 0 aliphatic rings. The van der Waals surface area contributed by atoms with Crippen molar-refractivity contribution in [1.29, 1.82) is 0 Å². The van der Waals surface area contributed by atoms with Crippen LogP contribution in [-0.2, 0) is 6.42 Å². The Bertz CT molecular complexity index is 540. The van der Waals surface area contributed by atoms with Gasteiger partial charge < -0.3 is 10.6 Å². The van der Waals surface area contributed by atoms with Crippen molar-refractivity contribution in [1.82, 2.24) is 10.6 Å². The van der Waals surface area contributed by atoms with Gasteiger partial charge in [-0.25, -0.2) is 4.79 Å². The molecule has 0 bridgehead atoms. The van der Waals surface area contributed by atoms with E-state index in [1.54, 1.807) is 11.3 Å². The van der Waals surface area contributed by atoms with E-state index >= 15 is 0 Å². The largest absolute Gasteiger partial charge is 0.338 e. The predicted octanol–water partition coefficient (Wildman–Crippen LogP) is 4.00. The Balaban J connectivity index is 1.74. The van der Waals surface area contributed by atoms with E-state index in [0.29, 0.717) is 11.6 Å². The zero-order chi connectivity index (χ0) is 14.4. The number of rotatable bonds is 5. The van der Waals surface area contributed by atoms with Crippen LogP contribution < -0.4 is 10.6 Å². The Kier molecular flexibility index (Phi) is 5.44. The van der Waals surface area contributed by atoms with E-state index in [2.05, 4.69) is 16.7 Å². The maximum absolute atomic E-state index is 11.8. The molecule has 0 unspecified atom stereocenters. The van der Waals surface area contributed by atoms with Crippen molar-refractivity contribution in [3.05, 3.63) is 57.2 Å². The van der Waals surface area contributed by atoms with Crippen molar-refractivity contribution in [2.75, 3.05) is 6.54 Å². The summed E-state index contributed by atoms with van der Waals surface area (Å²) in [6.07, 6.45) is 0.862. The summed E-state index contributed by atoms with van der Waals surface area (Å²) < 4.78 is 0. The molecule has 0 aliphatic carbocycles. The zero-order valence-corrected chi connectivity index (χ0v) is 12.8. The molecular weight excluding hydrogens is 292 g/mol. The quantitative estimate of drug-likeness (QED) is 0.861. The number of hydrogen-bond donors (Lipinski definition) is 2. The van der Waals surface area contributed by atoms with Gasteiger partial charge in [0.1, 0.15) is 0 Å². The monoisotopic (exact) mass is 308 g/mol. The smallest absolute Gasteiger partial charge is 0.315 e. The van der Waals surface area contributed by atoms with Crippen molar-refractivity contribution in [3.63, 3.8) is 0 Å². The lowest BCUT2D eigenvalue weighted by Crippen LogP contribution is -2.37. The Hall–Kier alpha value is -1.52. The highest BCUT2D eigenvalue weighted by atomic mass is 35.5. The van der Waals surface area contributed by atoms with E-state index in [-0.39, 0.29) is 12.1 Å². The van der Waals surface area contributed by atoms with Crippen LogP contribution in [0.3, 0.4) is 0 Å². The fraction of sp³-hybridized carbons (Fsp3) is 0.267. The lowest BCUT2D eigenvalue weighted by Gasteiger charge is -2.15. The average molecular weight is 309 g/mol. The standard InChI is InChI=1S/C15H17ClN2OS/c1-11(12-4-6-13(16)7-5-12)18-15(19)17-9-8-14-3-2-10-20-14/h2-7,10-11H,8-9H2,1H3,(H2,17,18,19)/t11-/m1/s1. The molecule has 106 valence electrons. The summed E-state index contributed by atoms with van der Waals surface area (Å²) in [6.45, 7) is 2.59. The molecule has 2 amide bonds. The summed E-state index contributed by atoms with van der Waals surface area (Å²) in [6, 6.07) is 11.4. The average Bonchev–Trinajstić information content (AvgIpc) is 2.92. The second kappa shape index (κ2) is 7.31. The van der Waals surface area contributed by atoms with Crippen LogP contribution in [0.1, 0.15) is 23.4 Å². The van der Waals surface area contributed by atoms with Gasteiger partial charge in [-0.05, 0) is 42.5 Å². The van der Waals surface area contributed by atoms with Crippen LogP contribution in [-0.4, -0.2) is 12.6 Å². The van der Waals surface area contributed by atoms with Gasteiger partial charge >= 0.3 is 6.03 Å². The number of carbonyl (C=O) groups is 1. The maximum Gasteiger partial charge on any atom is 0.315 e. The first-order valence-electron chi connectivity index (χ1n) is 6.47. The third kappa shape index (κ3) is 4.54. The molecule has 20 heavy (non-hydrogen) atoms. The van der Waals surface area contributed by atoms with Gasteiger partial charge in [0.25, 0.3) is 0 Å². The van der Waals surface area contributed by atoms with Crippen molar-refractivity contribution >= 4 is 29.0 Å². The highest BCUT2D eigenvalue weighted by Crippen LogP contribution is 2.15. The Morgan fingerprint density at radius 1 is 1.30 bits per heavy atom. The minimum atomic E-state index is -0.149. The number of thiophene rings is 1. The second-order valence-electron chi connectivity index (χ2n) is 4.50. The van der Waals surface area contributed by atoms with E-state index in [4.69, 9.17) is 11.6 Å². The van der Waals surface area contributed by atoms with Crippen LogP contribution in [0.4, 0.5) is 4.79 Å². The second-order valence-corrected chi connectivity index (χ2v) is 5.97. The van der Waals surface area contributed by atoms with Crippen LogP contribution in [0.2, 0.25) is 5.02 Å². The molecule has 0 saturated heterocycles. The number of amides is 2. The molecule has 1 atom stereocenters. The van der Waals surface area contributed by atoms with Gasteiger partial charge in [0, 0.05) is 16.4 Å². The predicted molar refractivity (Wildman–Crippen MR) is 84.4 cm³/mol. The Labute approximate surface area is 128 Å². The van der Waals surface area contributed by atoms with E-state index in [9.17, 15) is 4.79 Å². The summed E-state index contributed by atoms with van der Waals surface area (Å²) in [5.41, 5.74) is 1.03. The lowest BCUT2D eigenvalue weighted by molar-refractivity contribution is 0.238. The minimum Gasteiger partial charge on any atom is -0.338 e. The van der Waals surface area contributed by atoms with E-state index < -0.39 is 0 Å². The van der Waals surface area contributed by atoms with Gasteiger partial charge in [-0.2, -0.15) is 0 Å². The molecule has 2 N–H and O–H groups in total. The normalized spacial score (nSPS) is 11.9. The first-order valence-corrected chi connectivity index (χ1v) is 7.73. The molecule has 0 spiro atoms. The zero-order valence-electron chi connectivity index (χ0n) is 11.2. The molecule has 3 nitrogen and oxygen atoms in total. The fourth-order valence-corrected chi connectivity index (χ4v) is 2.67. The number of carbonyl (C=O) groups excluding carboxylic acids is 1. The van der Waals surface area contributed by atoms with Crippen LogP contribution in [0, 0.1) is 0 Å². The number of urea groups is 1. The molecule has 1 aromatic carbocycles. The lowest BCUT2D eigenvalue weighted by atomic mass is 10.1. The summed E-state index contributed by atoms with van der Waals surface area (Å²) in [5, 5.41) is 8.50. The molecule has 0 fully saturated rings. The van der Waals surface area contributed by atoms with Crippen molar-refractivity contribution in [2.24, 2.45) is 0 Å². The summed E-state index contributed by atoms with van der Waals surface area (Å²) >= 11 is 7.54. The topological polar surface area (TPSA) is 41.1 Å². The number of hydrogen-bond acceptors (Lipinski definition) is 2. The van der Waals surface area contributed by atoms with Crippen LogP contribution in [0.5, 0.6) is 0 Å². The first-order chi connectivity index (χ1) is 9.65. The number of halogens is 1. The molecule has 0 radical (unpaired) electrons. The first kappa shape index (κ1) is 14.9. The number of benzene rings is 1. The molecule has 0 aliphatic heterocycles. The highest BCUT2D eigenvalue weighted by molar-refractivity contribution is 7.09. The molecular formula is C15H17ClN2OS. The van der Waals surface area contributed by atoms with Crippen LogP contribution in [0.15, 0.2) is 41.8 Å². The van der Waals surface area contributed by atoms with Crippen molar-refractivity contribution < 1.29 is 4.79 Å². The summed E-state index contributed by atoms with van der Waals surface area (Å²) in [4.78, 5) is 13.1. The van der Waals surface area contributed by atoms with Crippen LogP contribution >= 0.6 is 22.9 Å². The van der Waals surface area contributed by atoms with Gasteiger partial charge in [0.2, 0.25) is 0 Å². The van der Waals surface area contributed by atoms with Gasteiger partial charge in [0.15, 0.2) is 0 Å². The fourth-order valence-electron chi connectivity index (χ4n) is 1.84. The molecule has 2 aromatic rings. The van der Waals surface area contributed by atoms with E-state index in [0.717, 1.165) is 12.0 Å². The maximum atomic E-state index is 11.8. The van der Waals surface area contributed by atoms with Crippen molar-refractivity contribution in [2.45, 2.75) is 19.4 Å². The number of nitrogens with one attached hydrogen (secondary N) is 2. The molecule has 2 rings (SSSR count). The van der Waals surface area contributed by atoms with Gasteiger partial charge in [-0.1, -0.05) is 29.8 Å². The minimum absolute atomic E-state index is 0.0472. The van der Waals surface area contributed by atoms with E-state index in [1.807, 2.05) is 42.6 Å². The third-order valence-electron chi connectivity index (χ3n) is 2.95. The molecule has 1 aromatic heterocycles. The summed E-state index contributed by atoms with van der Waals surface area (Å²) in [7, 11) is 0. The Morgan fingerprint density at radius 3 is 2.70 bits per heavy atom. The molecule has 0 saturated carbocycles. The third-order valence-corrected chi connectivity index (χ3v) is 4.14. The van der Waals surface area contributed by atoms with E-state index in [1.165, 1.54) is 4.88 Å². The molecule has 5 heteroatoms. The SMILES string of the molecule is C[C@@H](NC(=O)NCCc1cccs1)c1ccc(Cl)cc1. The summed E-state index contributed by atoms with van der Waals surface area (Å²) in [5.74, 6) is 0. The van der Waals surface area contributed by atoms with Crippen molar-refractivity contribution in [3.8, 4) is 0 Å². The van der Waals surface area contributed by atoms with Gasteiger partial charge in [-0.15, -0.1) is 11.3 Å². The van der Waals surface area contributed by atoms with Gasteiger partial charge in [-0.3, -0.25) is 0 Å². The van der Waals surface area contributed by atoms with Gasteiger partial charge in [0.05, 0.1) is 6.04 Å². The highest BCUT2D eigenvalue weighted by Gasteiger charge is 2.08. The Morgan fingerprint density at radius 2 is 2.05 bits per heavy atom. The van der Waals surface area contributed by atoms with Crippen LogP contribution in [0.25, 0.3) is 0 Å².